The second kappa shape index (κ2) is 15.0. The van der Waals surface area contributed by atoms with Crippen molar-refractivity contribution in [2.75, 3.05) is 6.54 Å². The molecule has 0 bridgehead atoms. The van der Waals surface area contributed by atoms with Gasteiger partial charge in [-0.05, 0) is 68.4 Å². The number of fused-ring (bicyclic) bond motifs is 5. The van der Waals surface area contributed by atoms with Crippen molar-refractivity contribution in [2.24, 2.45) is 17.0 Å². The number of allylic oxidation sites excluding steroid dienone is 1. The molecule has 4 aliphatic carbocycles. The van der Waals surface area contributed by atoms with Crippen LogP contribution < -0.4 is 15.4 Å². The lowest BCUT2D eigenvalue weighted by molar-refractivity contribution is -0.142. The van der Waals surface area contributed by atoms with Gasteiger partial charge < -0.3 is 20.4 Å². The van der Waals surface area contributed by atoms with E-state index in [0.29, 0.717) is 43.7 Å². The fourth-order valence-electron chi connectivity index (χ4n) is 8.79. The van der Waals surface area contributed by atoms with Gasteiger partial charge in [0.25, 0.3) is 5.91 Å². The molecule has 3 N–H and O–H groups in total. The number of rotatable bonds is 8. The minimum absolute atomic E-state index is 0.0462. The molecular formula is C41H49N5O7S. The van der Waals surface area contributed by atoms with Gasteiger partial charge in [-0.1, -0.05) is 91.5 Å². The van der Waals surface area contributed by atoms with Crippen LogP contribution in [0, 0.1) is 11.8 Å². The highest BCUT2D eigenvalue weighted by Gasteiger charge is 2.62. The third kappa shape index (κ3) is 7.43. The minimum atomic E-state index is -3.87. The van der Waals surface area contributed by atoms with Crippen LogP contribution in [0.4, 0.5) is 0 Å². The summed E-state index contributed by atoms with van der Waals surface area (Å²) in [6.07, 6.45) is 12.7. The summed E-state index contributed by atoms with van der Waals surface area (Å²) in [5.74, 6) is -1.95. The van der Waals surface area contributed by atoms with E-state index in [2.05, 4.69) is 20.5 Å². The molecule has 13 heteroatoms. The van der Waals surface area contributed by atoms with E-state index in [0.717, 1.165) is 67.2 Å². The van der Waals surface area contributed by atoms with Crippen LogP contribution >= 0.6 is 0 Å². The molecule has 4 amide bonds. The number of amides is 4. The Morgan fingerprint density at radius 3 is 2.24 bits per heavy atom. The Bertz CT molecular complexity index is 1940. The predicted octanol–water partition coefficient (Wildman–Crippen LogP) is 4.47. The fourth-order valence-corrected chi connectivity index (χ4v) is 10.2. The monoisotopic (exact) mass is 755 g/mol. The summed E-state index contributed by atoms with van der Waals surface area (Å²) in [6, 6.07) is 14.0. The van der Waals surface area contributed by atoms with E-state index in [1.165, 1.54) is 4.90 Å². The first-order valence-corrected chi connectivity index (χ1v) is 21.2. The lowest BCUT2D eigenvalue weighted by Crippen LogP contribution is -2.58. The molecule has 54 heavy (non-hydrogen) atoms. The summed E-state index contributed by atoms with van der Waals surface area (Å²) < 4.78 is 27.9. The molecule has 1 saturated heterocycles. The summed E-state index contributed by atoms with van der Waals surface area (Å²) in [4.78, 5) is 63.7. The largest absolute Gasteiger partial charge is 0.390 e. The lowest BCUT2D eigenvalue weighted by atomic mass is 10.0. The zero-order valence-electron chi connectivity index (χ0n) is 30.5. The molecule has 2 unspecified atom stereocenters. The van der Waals surface area contributed by atoms with E-state index < -0.39 is 56.7 Å². The van der Waals surface area contributed by atoms with E-state index in [-0.39, 0.29) is 31.2 Å². The average molecular weight is 756 g/mol. The molecule has 2 aliphatic heterocycles. The number of nitrogens with one attached hydrogen (secondary N) is 3. The van der Waals surface area contributed by atoms with Crippen molar-refractivity contribution in [3.05, 3.63) is 71.8 Å². The smallest absolute Gasteiger partial charge is 0.259 e. The molecule has 5 atom stereocenters. The van der Waals surface area contributed by atoms with E-state index in [1.807, 2.05) is 60.7 Å². The third-order valence-electron chi connectivity index (χ3n) is 12.1. The van der Waals surface area contributed by atoms with Crippen molar-refractivity contribution >= 4 is 39.4 Å². The molecule has 286 valence electrons. The van der Waals surface area contributed by atoms with Crippen molar-refractivity contribution in [3.63, 3.8) is 0 Å². The van der Waals surface area contributed by atoms with Gasteiger partial charge in [0, 0.05) is 29.9 Å². The molecule has 0 radical (unpaired) electrons. The predicted molar refractivity (Wildman–Crippen MR) is 202 cm³/mol. The third-order valence-corrected chi connectivity index (χ3v) is 13.9. The Morgan fingerprint density at radius 2 is 1.56 bits per heavy atom. The van der Waals surface area contributed by atoms with Gasteiger partial charge in [0.1, 0.15) is 29.4 Å². The van der Waals surface area contributed by atoms with E-state index in [4.69, 9.17) is 4.84 Å². The number of sulfonamides is 1. The second-order valence-electron chi connectivity index (χ2n) is 16.0. The first-order chi connectivity index (χ1) is 26.1. The maximum atomic E-state index is 14.6. The Morgan fingerprint density at radius 1 is 0.889 bits per heavy atom. The molecule has 8 rings (SSSR count). The number of nitrogens with zero attached hydrogens (tertiary/aromatic N) is 2. The zero-order chi connectivity index (χ0) is 37.5. The zero-order valence-corrected chi connectivity index (χ0v) is 31.3. The van der Waals surface area contributed by atoms with Crippen molar-refractivity contribution in [2.45, 2.75) is 119 Å². The van der Waals surface area contributed by atoms with Gasteiger partial charge in [-0.3, -0.25) is 23.9 Å². The summed E-state index contributed by atoms with van der Waals surface area (Å²) in [5, 5.41) is 9.99. The summed E-state index contributed by atoms with van der Waals surface area (Å²) in [7, 11) is -3.87. The standard InChI is InChI=1S/C41H49N5O7S/c47-36(22-26-12-6-7-13-26)42-34-19-5-3-1-2-4-14-27-24-41(27,40(50)45-54(51,52)29-20-21-29)43-38(48)35-23-28(25-46(35)39(34)49)53-44-37-32-17-10-8-15-30(32)31-16-9-11-18-33(31)37/h4,8-11,14-18,26-29,34-35H,1-3,5-7,12-13,19-25H2,(H,42,47)(H,43,48)(H,45,50)/b14-4-/t27?,28-,34+,35+,41?/m1/s1. The molecule has 4 fully saturated rings. The van der Waals surface area contributed by atoms with Crippen LogP contribution in [0.25, 0.3) is 11.1 Å². The maximum Gasteiger partial charge on any atom is 0.259 e. The first kappa shape index (κ1) is 36.5. The first-order valence-electron chi connectivity index (χ1n) is 19.7. The van der Waals surface area contributed by atoms with Crippen molar-refractivity contribution < 1.29 is 32.4 Å². The normalized spacial score (nSPS) is 29.0. The van der Waals surface area contributed by atoms with E-state index in [1.54, 1.807) is 0 Å². The van der Waals surface area contributed by atoms with Gasteiger partial charge in [0.15, 0.2) is 0 Å². The summed E-state index contributed by atoms with van der Waals surface area (Å²) in [6.45, 7) is 0.0462. The van der Waals surface area contributed by atoms with Crippen molar-refractivity contribution in [1.82, 2.24) is 20.3 Å². The van der Waals surface area contributed by atoms with Crippen LogP contribution in [0.5, 0.6) is 0 Å². The number of carbonyl (C=O) groups is 4. The van der Waals surface area contributed by atoms with Crippen molar-refractivity contribution in [3.8, 4) is 11.1 Å². The van der Waals surface area contributed by atoms with Gasteiger partial charge in [-0.15, -0.1) is 0 Å². The Balaban J connectivity index is 1.08. The van der Waals surface area contributed by atoms with Gasteiger partial charge in [0.05, 0.1) is 11.8 Å². The molecule has 0 spiro atoms. The molecule has 2 aromatic rings. The Labute approximate surface area is 316 Å². The lowest BCUT2D eigenvalue weighted by Gasteiger charge is -2.30. The molecule has 12 nitrogen and oxygen atoms in total. The van der Waals surface area contributed by atoms with Gasteiger partial charge in [-0.25, -0.2) is 8.42 Å². The van der Waals surface area contributed by atoms with E-state index in [9.17, 15) is 27.6 Å². The van der Waals surface area contributed by atoms with Crippen LogP contribution in [-0.4, -0.2) is 78.2 Å². The quantitative estimate of drug-likeness (QED) is 0.226. The van der Waals surface area contributed by atoms with Crippen LogP contribution in [-0.2, 0) is 34.0 Å². The average Bonchev–Trinajstić information content (AvgIpc) is 3.98. The molecule has 6 aliphatic rings. The highest BCUT2D eigenvalue weighted by Crippen LogP contribution is 2.46. The molecule has 2 aromatic carbocycles. The minimum Gasteiger partial charge on any atom is -0.390 e. The molecule has 2 heterocycles. The Kier molecular flexibility index (Phi) is 10.1. The van der Waals surface area contributed by atoms with Crippen LogP contribution in [0.15, 0.2) is 65.8 Å². The molecule has 0 aromatic heterocycles. The van der Waals surface area contributed by atoms with Gasteiger partial charge in [-0.2, -0.15) is 0 Å². The second-order valence-corrected chi connectivity index (χ2v) is 17.9. The maximum absolute atomic E-state index is 14.6. The number of hydrogen-bond donors (Lipinski definition) is 3. The molecule has 3 saturated carbocycles. The number of oxime groups is 1. The van der Waals surface area contributed by atoms with Gasteiger partial charge in [0.2, 0.25) is 27.7 Å². The van der Waals surface area contributed by atoms with E-state index >= 15 is 0 Å². The number of carbonyl (C=O) groups excluding carboxylic acids is 4. The number of benzene rings is 2. The molecular weight excluding hydrogens is 707 g/mol. The Hall–Kier alpha value is -4.52. The summed E-state index contributed by atoms with van der Waals surface area (Å²) >= 11 is 0. The topological polar surface area (TPSA) is 163 Å². The number of hydrogen-bond acceptors (Lipinski definition) is 8. The van der Waals surface area contributed by atoms with Crippen LogP contribution in [0.3, 0.4) is 0 Å². The highest BCUT2D eigenvalue weighted by molar-refractivity contribution is 7.91. The highest BCUT2D eigenvalue weighted by atomic mass is 32.2. The fraction of sp³-hybridized carbons (Fsp3) is 0.537. The van der Waals surface area contributed by atoms with Crippen LogP contribution in [0.1, 0.15) is 101 Å². The van der Waals surface area contributed by atoms with Gasteiger partial charge >= 0.3 is 0 Å². The van der Waals surface area contributed by atoms with Crippen molar-refractivity contribution in [1.29, 1.82) is 0 Å². The SMILES string of the molecule is O=C(CC1CCCC1)N[C@H]1CCCCC/C=C\C2CC2(C(=O)NS(=O)(=O)C2CC2)NC(=O)[C@@H]2C[C@@H](ON=C3c4ccccc4-c4ccccc43)CN2C1=O. The summed E-state index contributed by atoms with van der Waals surface area (Å²) in [5.41, 5.74) is 3.13. The van der Waals surface area contributed by atoms with Crippen LogP contribution in [0.2, 0.25) is 0 Å².